The number of hydrogen-bond donors (Lipinski definition) is 0. The van der Waals surface area contributed by atoms with E-state index < -0.39 is 4.92 Å². The van der Waals surface area contributed by atoms with Crippen LogP contribution in [0, 0.1) is 10.1 Å². The Hall–Kier alpha value is -3.41. The van der Waals surface area contributed by atoms with Crippen LogP contribution in [0.15, 0.2) is 46.3 Å². The quantitative estimate of drug-likeness (QED) is 0.0975. The molecule has 0 atom stereocenters. The fourth-order valence-electron chi connectivity index (χ4n) is 5.05. The normalized spacial score (nSPS) is 14.9. The van der Waals surface area contributed by atoms with Crippen molar-refractivity contribution in [2.75, 3.05) is 13.9 Å². The Morgan fingerprint density at radius 2 is 2.00 bits per heavy atom. The van der Waals surface area contributed by atoms with Crippen molar-refractivity contribution < 1.29 is 19.1 Å². The highest BCUT2D eigenvalue weighted by atomic mass is 32.2. The standard InChI is InChI=1S/C27H25N3O6S2/c1-34-20-9-7-18(8-10-20)29-26(31)23-21-5-3-2-4-6-22(21)38-25(23)28-27(29)37-14-17-12-19(30(32)33)11-16-13-35-15-36-24(16)17/h7-12H,2-6,13-15H2,1H3. The van der Waals surface area contributed by atoms with E-state index in [-0.39, 0.29) is 24.6 Å². The summed E-state index contributed by atoms with van der Waals surface area (Å²) >= 11 is 2.98. The Labute approximate surface area is 226 Å². The summed E-state index contributed by atoms with van der Waals surface area (Å²) in [5, 5.41) is 12.8. The van der Waals surface area contributed by atoms with Gasteiger partial charge in [-0.3, -0.25) is 19.5 Å². The third-order valence-corrected chi connectivity index (χ3v) is 9.05. The van der Waals surface area contributed by atoms with Crippen molar-refractivity contribution in [3.05, 3.63) is 78.4 Å². The molecule has 196 valence electrons. The van der Waals surface area contributed by atoms with Gasteiger partial charge in [-0.25, -0.2) is 4.98 Å². The minimum atomic E-state index is -0.417. The summed E-state index contributed by atoms with van der Waals surface area (Å²) in [5.74, 6) is 1.62. The maximum atomic E-state index is 14.1. The summed E-state index contributed by atoms with van der Waals surface area (Å²) in [6.45, 7) is 0.334. The highest BCUT2D eigenvalue weighted by Gasteiger charge is 2.24. The van der Waals surface area contributed by atoms with Crippen LogP contribution in [-0.4, -0.2) is 28.4 Å². The minimum absolute atomic E-state index is 0.0218. The monoisotopic (exact) mass is 551 g/mol. The highest BCUT2D eigenvalue weighted by molar-refractivity contribution is 7.98. The third-order valence-electron chi connectivity index (χ3n) is 6.88. The van der Waals surface area contributed by atoms with Gasteiger partial charge in [-0.15, -0.1) is 11.3 Å². The Bertz CT molecular complexity index is 1600. The Morgan fingerprint density at radius 1 is 1.18 bits per heavy atom. The van der Waals surface area contributed by atoms with Gasteiger partial charge in [0.15, 0.2) is 11.9 Å². The van der Waals surface area contributed by atoms with Gasteiger partial charge >= 0.3 is 0 Å². The van der Waals surface area contributed by atoms with E-state index in [1.54, 1.807) is 23.0 Å². The first kappa shape index (κ1) is 24.9. The van der Waals surface area contributed by atoms with Crippen LogP contribution in [0.3, 0.4) is 0 Å². The number of methoxy groups -OCH3 is 1. The number of nitro benzene ring substituents is 1. The molecule has 0 N–H and O–H groups in total. The van der Waals surface area contributed by atoms with Crippen molar-refractivity contribution in [3.8, 4) is 17.2 Å². The molecule has 0 unspecified atom stereocenters. The Balaban J connectivity index is 1.47. The Kier molecular flexibility index (Phi) is 6.81. The van der Waals surface area contributed by atoms with Crippen LogP contribution in [0.25, 0.3) is 15.9 Å². The van der Waals surface area contributed by atoms with Gasteiger partial charge in [0.2, 0.25) is 0 Å². The summed E-state index contributed by atoms with van der Waals surface area (Å²) in [5.41, 5.74) is 3.02. The first-order chi connectivity index (χ1) is 18.5. The number of thiophene rings is 1. The van der Waals surface area contributed by atoms with Gasteiger partial charge in [0.25, 0.3) is 11.2 Å². The average Bonchev–Trinajstić information content (AvgIpc) is 3.12. The van der Waals surface area contributed by atoms with Crippen molar-refractivity contribution in [2.45, 2.75) is 49.6 Å². The van der Waals surface area contributed by atoms with Gasteiger partial charge in [0.1, 0.15) is 16.3 Å². The van der Waals surface area contributed by atoms with Crippen molar-refractivity contribution in [1.82, 2.24) is 9.55 Å². The van der Waals surface area contributed by atoms with Crippen molar-refractivity contribution >= 4 is 39.0 Å². The molecule has 4 aromatic rings. The molecule has 2 aliphatic rings. The van der Waals surface area contributed by atoms with Gasteiger partial charge < -0.3 is 14.2 Å². The summed E-state index contributed by atoms with van der Waals surface area (Å²) < 4.78 is 18.0. The number of rotatable bonds is 6. The van der Waals surface area contributed by atoms with E-state index in [1.807, 2.05) is 24.3 Å². The lowest BCUT2D eigenvalue weighted by Crippen LogP contribution is -2.22. The molecule has 0 radical (unpaired) electrons. The lowest BCUT2D eigenvalue weighted by molar-refractivity contribution is -0.385. The number of hydrogen-bond acceptors (Lipinski definition) is 9. The molecule has 3 heterocycles. The van der Waals surface area contributed by atoms with E-state index in [1.165, 1.54) is 28.8 Å². The topological polar surface area (TPSA) is 106 Å². The first-order valence-electron chi connectivity index (χ1n) is 12.4. The largest absolute Gasteiger partial charge is 0.497 e. The van der Waals surface area contributed by atoms with Crippen molar-refractivity contribution in [3.63, 3.8) is 0 Å². The van der Waals surface area contributed by atoms with Crippen LogP contribution in [0.1, 0.15) is 40.8 Å². The number of thioether (sulfide) groups is 1. The molecule has 0 fully saturated rings. The maximum Gasteiger partial charge on any atom is 0.270 e. The Morgan fingerprint density at radius 3 is 2.79 bits per heavy atom. The van der Waals surface area contributed by atoms with Crippen LogP contribution in [-0.2, 0) is 29.9 Å². The van der Waals surface area contributed by atoms with Crippen LogP contribution in [0.4, 0.5) is 5.69 Å². The van der Waals surface area contributed by atoms with E-state index in [9.17, 15) is 14.9 Å². The molecule has 11 heteroatoms. The molecule has 6 rings (SSSR count). The van der Waals surface area contributed by atoms with Gasteiger partial charge in [-0.05, 0) is 55.5 Å². The maximum absolute atomic E-state index is 14.1. The molecule has 0 saturated carbocycles. The smallest absolute Gasteiger partial charge is 0.270 e. The molecule has 0 amide bonds. The number of fused-ring (bicyclic) bond motifs is 4. The fraction of sp³-hybridized carbons (Fsp3) is 0.333. The summed E-state index contributed by atoms with van der Waals surface area (Å²) in [4.78, 5) is 32.2. The van der Waals surface area contributed by atoms with Crippen molar-refractivity contribution in [2.24, 2.45) is 0 Å². The molecule has 0 bridgehead atoms. The molecule has 2 aromatic carbocycles. The highest BCUT2D eigenvalue weighted by Crippen LogP contribution is 2.38. The van der Waals surface area contributed by atoms with Gasteiger partial charge in [-0.2, -0.15) is 0 Å². The zero-order valence-corrected chi connectivity index (χ0v) is 22.4. The fourth-order valence-corrected chi connectivity index (χ4v) is 7.34. The lowest BCUT2D eigenvalue weighted by atomic mass is 10.1. The first-order valence-corrected chi connectivity index (χ1v) is 14.2. The number of aromatic nitrogens is 2. The molecule has 1 aliphatic heterocycles. The molecule has 0 saturated heterocycles. The summed E-state index contributed by atoms with van der Waals surface area (Å²) in [6.07, 6.45) is 5.22. The molecule has 9 nitrogen and oxygen atoms in total. The number of benzene rings is 2. The molecule has 0 spiro atoms. The van der Waals surface area contributed by atoms with E-state index in [0.717, 1.165) is 42.5 Å². The van der Waals surface area contributed by atoms with Crippen LogP contribution < -0.4 is 15.0 Å². The van der Waals surface area contributed by atoms with E-state index in [0.29, 0.717) is 44.6 Å². The average molecular weight is 552 g/mol. The zero-order chi connectivity index (χ0) is 26.2. The third kappa shape index (κ3) is 4.55. The SMILES string of the molecule is COc1ccc(-n2c(SCc3cc([N+](=O)[O-])cc4c3OCOC4)nc3sc4c(c3c2=O)CCCCC4)cc1. The van der Waals surface area contributed by atoms with Crippen molar-refractivity contribution in [1.29, 1.82) is 0 Å². The summed E-state index contributed by atoms with van der Waals surface area (Å²) in [7, 11) is 1.60. The number of non-ortho nitro benzene ring substituents is 1. The number of nitro groups is 1. The molecule has 2 aromatic heterocycles. The van der Waals surface area contributed by atoms with E-state index >= 15 is 0 Å². The van der Waals surface area contributed by atoms with Gasteiger partial charge in [0.05, 0.1) is 29.7 Å². The molecular weight excluding hydrogens is 526 g/mol. The number of ether oxygens (including phenoxy) is 3. The summed E-state index contributed by atoms with van der Waals surface area (Å²) in [6, 6.07) is 10.3. The van der Waals surface area contributed by atoms with Gasteiger partial charge in [-0.1, -0.05) is 18.2 Å². The second-order valence-electron chi connectivity index (χ2n) is 9.23. The second-order valence-corrected chi connectivity index (χ2v) is 11.3. The lowest BCUT2D eigenvalue weighted by Gasteiger charge is -2.20. The van der Waals surface area contributed by atoms with Crippen LogP contribution in [0.5, 0.6) is 11.5 Å². The molecule has 38 heavy (non-hydrogen) atoms. The van der Waals surface area contributed by atoms with E-state index in [4.69, 9.17) is 19.2 Å². The molecule has 1 aliphatic carbocycles. The van der Waals surface area contributed by atoms with Crippen LogP contribution in [0.2, 0.25) is 0 Å². The number of nitrogens with zero attached hydrogens (tertiary/aromatic N) is 3. The van der Waals surface area contributed by atoms with Gasteiger partial charge in [0, 0.05) is 33.9 Å². The van der Waals surface area contributed by atoms with E-state index in [2.05, 4.69) is 0 Å². The predicted octanol–water partition coefficient (Wildman–Crippen LogP) is 5.79. The second kappa shape index (κ2) is 10.4. The van der Waals surface area contributed by atoms with Crippen LogP contribution >= 0.6 is 23.1 Å². The predicted molar refractivity (Wildman–Crippen MR) is 146 cm³/mol. The number of aryl methyl sites for hydroxylation is 2. The minimum Gasteiger partial charge on any atom is -0.497 e. The molecular formula is C27H25N3O6S2. The zero-order valence-electron chi connectivity index (χ0n) is 20.7.